The van der Waals surface area contributed by atoms with Crippen LogP contribution in [-0.4, -0.2) is 18.5 Å². The zero-order chi connectivity index (χ0) is 20.0. The Kier molecular flexibility index (Phi) is 9.28. The molecule has 0 unspecified atom stereocenters. The molecule has 0 saturated carbocycles. The fraction of sp³-hybridized carbons (Fsp3) is 0.250. The van der Waals surface area contributed by atoms with Crippen molar-refractivity contribution in [2.75, 3.05) is 11.9 Å². The number of anilines is 1. The van der Waals surface area contributed by atoms with E-state index in [1.807, 2.05) is 42.5 Å². The highest BCUT2D eigenvalue weighted by Gasteiger charge is 2.07. The van der Waals surface area contributed by atoms with E-state index >= 15 is 0 Å². The van der Waals surface area contributed by atoms with Gasteiger partial charge < -0.3 is 10.1 Å². The van der Waals surface area contributed by atoms with Gasteiger partial charge in [0.2, 0.25) is 5.91 Å². The van der Waals surface area contributed by atoms with Gasteiger partial charge in [0.05, 0.1) is 12.2 Å². The molecule has 0 aliphatic carbocycles. The van der Waals surface area contributed by atoms with E-state index in [4.69, 9.17) is 4.74 Å². The molecule has 0 aliphatic rings. The summed E-state index contributed by atoms with van der Waals surface area (Å²) in [5.41, 5.74) is 2.18. The Morgan fingerprint density at radius 3 is 2.39 bits per heavy atom. The van der Waals surface area contributed by atoms with Crippen molar-refractivity contribution in [3.05, 3.63) is 84.0 Å². The second-order valence-electron chi connectivity index (χ2n) is 6.39. The molecule has 0 aliphatic heterocycles. The third kappa shape index (κ3) is 8.04. The lowest BCUT2D eigenvalue weighted by molar-refractivity contribution is -0.111. The summed E-state index contributed by atoms with van der Waals surface area (Å²) in [4.78, 5) is 23.9. The molecular formula is C24H27NO3. The van der Waals surface area contributed by atoms with Gasteiger partial charge in [-0.15, -0.1) is 0 Å². The maximum atomic E-state index is 12.0. The van der Waals surface area contributed by atoms with Gasteiger partial charge in [0.1, 0.15) is 0 Å². The smallest absolute Gasteiger partial charge is 0.338 e. The summed E-state index contributed by atoms with van der Waals surface area (Å²) in [6.07, 6.45) is 11.1. The predicted octanol–water partition coefficient (Wildman–Crippen LogP) is 5.63. The highest BCUT2D eigenvalue weighted by molar-refractivity contribution is 6.00. The number of benzene rings is 2. The van der Waals surface area contributed by atoms with Crippen LogP contribution in [0, 0.1) is 0 Å². The summed E-state index contributed by atoms with van der Waals surface area (Å²) in [6, 6.07) is 16.6. The molecule has 2 aromatic carbocycles. The quantitative estimate of drug-likeness (QED) is 0.253. The van der Waals surface area contributed by atoms with Gasteiger partial charge in [-0.1, -0.05) is 74.7 Å². The van der Waals surface area contributed by atoms with Gasteiger partial charge in [-0.2, -0.15) is 0 Å². The lowest BCUT2D eigenvalue weighted by Crippen LogP contribution is -2.09. The van der Waals surface area contributed by atoms with Crippen molar-refractivity contribution in [3.63, 3.8) is 0 Å². The zero-order valence-corrected chi connectivity index (χ0v) is 16.3. The van der Waals surface area contributed by atoms with Gasteiger partial charge in [-0.05, 0) is 36.2 Å². The Labute approximate surface area is 166 Å². The SMILES string of the molecule is CCCCCCOC(=O)c1ccc(NC(=O)C=CC=Cc2ccccc2)cc1. The maximum Gasteiger partial charge on any atom is 0.338 e. The lowest BCUT2D eigenvalue weighted by Gasteiger charge is -2.06. The molecule has 4 nitrogen and oxygen atoms in total. The Morgan fingerprint density at radius 2 is 1.68 bits per heavy atom. The number of hydrogen-bond donors (Lipinski definition) is 1. The number of esters is 1. The van der Waals surface area contributed by atoms with Gasteiger partial charge in [0.15, 0.2) is 0 Å². The van der Waals surface area contributed by atoms with E-state index in [1.54, 1.807) is 30.3 Å². The summed E-state index contributed by atoms with van der Waals surface area (Å²) in [5.74, 6) is -0.565. The second kappa shape index (κ2) is 12.3. The van der Waals surface area contributed by atoms with Gasteiger partial charge >= 0.3 is 5.97 Å². The minimum absolute atomic E-state index is 0.232. The fourth-order valence-electron chi connectivity index (χ4n) is 2.52. The Balaban J connectivity index is 1.76. The number of amides is 1. The number of unbranched alkanes of at least 4 members (excludes halogenated alkanes) is 3. The number of nitrogens with one attached hydrogen (secondary N) is 1. The molecule has 0 bridgehead atoms. The first-order valence-corrected chi connectivity index (χ1v) is 9.67. The third-order valence-corrected chi connectivity index (χ3v) is 4.07. The van der Waals surface area contributed by atoms with Gasteiger partial charge in [0, 0.05) is 11.8 Å². The zero-order valence-electron chi connectivity index (χ0n) is 16.3. The minimum Gasteiger partial charge on any atom is -0.462 e. The number of hydrogen-bond acceptors (Lipinski definition) is 3. The molecule has 2 aromatic rings. The number of carbonyl (C=O) groups excluding carboxylic acids is 2. The third-order valence-electron chi connectivity index (χ3n) is 4.07. The van der Waals surface area contributed by atoms with E-state index in [0.29, 0.717) is 17.9 Å². The molecule has 0 heterocycles. The predicted molar refractivity (Wildman–Crippen MR) is 114 cm³/mol. The van der Waals surface area contributed by atoms with Crippen LogP contribution >= 0.6 is 0 Å². The van der Waals surface area contributed by atoms with E-state index in [0.717, 1.165) is 31.2 Å². The molecule has 0 saturated heterocycles. The van der Waals surface area contributed by atoms with Gasteiger partial charge in [-0.25, -0.2) is 4.79 Å². The van der Waals surface area contributed by atoms with Crippen molar-refractivity contribution in [2.45, 2.75) is 32.6 Å². The summed E-state index contributed by atoms with van der Waals surface area (Å²) in [7, 11) is 0. The van der Waals surface area contributed by atoms with Crippen LogP contribution in [0.5, 0.6) is 0 Å². The number of ether oxygens (including phenoxy) is 1. The first kappa shape index (κ1) is 21.2. The molecule has 0 fully saturated rings. The molecule has 4 heteroatoms. The van der Waals surface area contributed by atoms with Crippen LogP contribution in [0.25, 0.3) is 6.08 Å². The molecule has 0 spiro atoms. The second-order valence-corrected chi connectivity index (χ2v) is 6.39. The molecule has 146 valence electrons. The average Bonchev–Trinajstić information content (AvgIpc) is 2.72. The Hall–Kier alpha value is -3.14. The average molecular weight is 377 g/mol. The molecule has 1 N–H and O–H groups in total. The molecule has 0 aromatic heterocycles. The van der Waals surface area contributed by atoms with E-state index in [2.05, 4.69) is 12.2 Å². The van der Waals surface area contributed by atoms with Crippen LogP contribution in [0.4, 0.5) is 5.69 Å². The standard InChI is InChI=1S/C24H27NO3/c1-2-3-4-10-19-28-24(27)21-15-17-22(18-16-21)25-23(26)14-9-8-13-20-11-6-5-7-12-20/h5-9,11-18H,2-4,10,19H2,1H3,(H,25,26). The lowest BCUT2D eigenvalue weighted by atomic mass is 10.2. The topological polar surface area (TPSA) is 55.4 Å². The summed E-state index contributed by atoms with van der Waals surface area (Å²) in [5, 5.41) is 2.76. The molecule has 0 atom stereocenters. The number of carbonyl (C=O) groups is 2. The van der Waals surface area contributed by atoms with Gasteiger partial charge in [0.25, 0.3) is 0 Å². The van der Waals surface area contributed by atoms with E-state index in [-0.39, 0.29) is 11.9 Å². The van der Waals surface area contributed by atoms with Crippen LogP contribution in [0.1, 0.15) is 48.5 Å². The van der Waals surface area contributed by atoms with E-state index < -0.39 is 0 Å². The Bertz CT molecular complexity index is 792. The summed E-state index contributed by atoms with van der Waals surface area (Å²) < 4.78 is 5.25. The molecule has 2 rings (SSSR count). The monoisotopic (exact) mass is 377 g/mol. The summed E-state index contributed by atoms with van der Waals surface area (Å²) in [6.45, 7) is 2.59. The molecule has 28 heavy (non-hydrogen) atoms. The van der Waals surface area contributed by atoms with Crippen molar-refractivity contribution < 1.29 is 14.3 Å². The van der Waals surface area contributed by atoms with Crippen LogP contribution in [0.2, 0.25) is 0 Å². The van der Waals surface area contributed by atoms with Crippen LogP contribution in [0.15, 0.2) is 72.8 Å². The van der Waals surface area contributed by atoms with Crippen molar-refractivity contribution in [3.8, 4) is 0 Å². The molecule has 0 radical (unpaired) electrons. The summed E-state index contributed by atoms with van der Waals surface area (Å²) >= 11 is 0. The van der Waals surface area contributed by atoms with E-state index in [1.165, 1.54) is 6.08 Å². The number of allylic oxidation sites excluding steroid dienone is 2. The number of rotatable bonds is 10. The van der Waals surface area contributed by atoms with Crippen molar-refractivity contribution >= 4 is 23.6 Å². The van der Waals surface area contributed by atoms with Crippen molar-refractivity contribution in [2.24, 2.45) is 0 Å². The highest BCUT2D eigenvalue weighted by Crippen LogP contribution is 2.11. The Morgan fingerprint density at radius 1 is 0.929 bits per heavy atom. The normalized spacial score (nSPS) is 11.0. The first-order valence-electron chi connectivity index (χ1n) is 9.67. The molecular weight excluding hydrogens is 350 g/mol. The van der Waals surface area contributed by atoms with Crippen LogP contribution in [0.3, 0.4) is 0 Å². The van der Waals surface area contributed by atoms with Crippen molar-refractivity contribution in [1.29, 1.82) is 0 Å². The van der Waals surface area contributed by atoms with Crippen LogP contribution in [-0.2, 0) is 9.53 Å². The van der Waals surface area contributed by atoms with Gasteiger partial charge in [-0.3, -0.25) is 4.79 Å². The highest BCUT2D eigenvalue weighted by atomic mass is 16.5. The minimum atomic E-state index is -0.333. The first-order chi connectivity index (χ1) is 13.7. The van der Waals surface area contributed by atoms with Crippen LogP contribution < -0.4 is 5.32 Å². The largest absolute Gasteiger partial charge is 0.462 e. The van der Waals surface area contributed by atoms with E-state index in [9.17, 15) is 9.59 Å². The molecule has 1 amide bonds. The van der Waals surface area contributed by atoms with Crippen molar-refractivity contribution in [1.82, 2.24) is 0 Å². The fourth-order valence-corrected chi connectivity index (χ4v) is 2.52. The maximum absolute atomic E-state index is 12.0.